The summed E-state index contributed by atoms with van der Waals surface area (Å²) in [7, 11) is 0. The predicted molar refractivity (Wildman–Crippen MR) is 86.4 cm³/mol. The van der Waals surface area contributed by atoms with E-state index < -0.39 is 5.91 Å². The van der Waals surface area contributed by atoms with Crippen molar-refractivity contribution in [3.05, 3.63) is 65.0 Å². The van der Waals surface area contributed by atoms with Crippen LogP contribution >= 0.6 is 0 Å². The van der Waals surface area contributed by atoms with Crippen molar-refractivity contribution >= 4 is 17.5 Å². The van der Waals surface area contributed by atoms with Crippen molar-refractivity contribution < 1.29 is 14.0 Å². The average Bonchev–Trinajstić information content (AvgIpc) is 2.53. The zero-order chi connectivity index (χ0) is 16.8. The second-order valence-corrected chi connectivity index (χ2v) is 5.10. The van der Waals surface area contributed by atoms with Gasteiger partial charge in [0.05, 0.1) is 6.54 Å². The van der Waals surface area contributed by atoms with E-state index in [0.29, 0.717) is 23.4 Å². The fourth-order valence-corrected chi connectivity index (χ4v) is 2.13. The molecule has 0 aliphatic rings. The van der Waals surface area contributed by atoms with Crippen LogP contribution in [0.5, 0.6) is 0 Å². The number of anilines is 1. The molecule has 2 rings (SSSR count). The number of hydrogen-bond acceptors (Lipinski definition) is 3. The van der Waals surface area contributed by atoms with Crippen LogP contribution in [0.3, 0.4) is 0 Å². The summed E-state index contributed by atoms with van der Waals surface area (Å²) in [4.78, 5) is 23.1. The Balaban J connectivity index is 1.88. The summed E-state index contributed by atoms with van der Waals surface area (Å²) in [6, 6.07) is 11.0. The molecular formula is C17H18FN3O2. The van der Waals surface area contributed by atoms with E-state index in [0.717, 1.165) is 5.56 Å². The molecule has 120 valence electrons. The van der Waals surface area contributed by atoms with Gasteiger partial charge in [0, 0.05) is 17.8 Å². The number of amides is 2. The summed E-state index contributed by atoms with van der Waals surface area (Å²) < 4.78 is 12.8. The lowest BCUT2D eigenvalue weighted by molar-refractivity contribution is -0.119. The summed E-state index contributed by atoms with van der Waals surface area (Å²) in [5.74, 6) is -1.03. The molecule has 0 saturated carbocycles. The molecule has 0 saturated heterocycles. The van der Waals surface area contributed by atoms with E-state index in [2.05, 4.69) is 10.6 Å². The summed E-state index contributed by atoms with van der Waals surface area (Å²) in [6.07, 6.45) is 0. The van der Waals surface area contributed by atoms with Gasteiger partial charge in [-0.2, -0.15) is 0 Å². The minimum atomic E-state index is -0.507. The monoisotopic (exact) mass is 315 g/mol. The molecule has 2 aromatic carbocycles. The Morgan fingerprint density at radius 3 is 2.48 bits per heavy atom. The molecule has 5 nitrogen and oxygen atoms in total. The van der Waals surface area contributed by atoms with Crippen LogP contribution in [0.15, 0.2) is 42.5 Å². The van der Waals surface area contributed by atoms with Crippen LogP contribution in [0.25, 0.3) is 0 Å². The normalized spacial score (nSPS) is 10.2. The van der Waals surface area contributed by atoms with Crippen LogP contribution in [-0.2, 0) is 11.3 Å². The summed E-state index contributed by atoms with van der Waals surface area (Å²) in [5.41, 5.74) is 7.90. The number of primary amides is 1. The first kappa shape index (κ1) is 16.5. The first-order chi connectivity index (χ1) is 11.0. The third-order valence-corrected chi connectivity index (χ3v) is 3.44. The SMILES string of the molecule is Cc1c(NCC(=O)NCc2ccc(F)cc2)cccc1C(N)=O. The number of nitrogens with one attached hydrogen (secondary N) is 2. The van der Waals surface area contributed by atoms with Gasteiger partial charge < -0.3 is 16.4 Å². The van der Waals surface area contributed by atoms with Gasteiger partial charge in [-0.05, 0) is 42.3 Å². The van der Waals surface area contributed by atoms with Crippen molar-refractivity contribution in [3.63, 3.8) is 0 Å². The Morgan fingerprint density at radius 1 is 1.13 bits per heavy atom. The van der Waals surface area contributed by atoms with Gasteiger partial charge in [0.2, 0.25) is 11.8 Å². The van der Waals surface area contributed by atoms with Gasteiger partial charge >= 0.3 is 0 Å². The lowest BCUT2D eigenvalue weighted by atomic mass is 10.1. The van der Waals surface area contributed by atoms with Crippen molar-refractivity contribution in [1.82, 2.24) is 5.32 Å². The fourth-order valence-electron chi connectivity index (χ4n) is 2.13. The fraction of sp³-hybridized carbons (Fsp3) is 0.176. The van der Waals surface area contributed by atoms with E-state index in [4.69, 9.17) is 5.73 Å². The van der Waals surface area contributed by atoms with Gasteiger partial charge in [-0.3, -0.25) is 9.59 Å². The molecule has 4 N–H and O–H groups in total. The predicted octanol–water partition coefficient (Wildman–Crippen LogP) is 1.96. The molecule has 0 unspecified atom stereocenters. The van der Waals surface area contributed by atoms with Gasteiger partial charge in [-0.1, -0.05) is 18.2 Å². The lowest BCUT2D eigenvalue weighted by Crippen LogP contribution is -2.29. The number of halogens is 1. The van der Waals surface area contributed by atoms with Crippen molar-refractivity contribution in [1.29, 1.82) is 0 Å². The Bertz CT molecular complexity index is 714. The maximum atomic E-state index is 12.8. The number of nitrogens with two attached hydrogens (primary N) is 1. The van der Waals surface area contributed by atoms with Crippen molar-refractivity contribution in [3.8, 4) is 0 Å². The third-order valence-electron chi connectivity index (χ3n) is 3.44. The van der Waals surface area contributed by atoms with Crippen molar-refractivity contribution in [2.24, 2.45) is 5.73 Å². The summed E-state index contributed by atoms with van der Waals surface area (Å²) in [5, 5.41) is 5.70. The molecule has 0 heterocycles. The molecule has 0 spiro atoms. The van der Waals surface area contributed by atoms with Crippen molar-refractivity contribution in [2.45, 2.75) is 13.5 Å². The minimum absolute atomic E-state index is 0.0598. The van der Waals surface area contributed by atoms with E-state index in [9.17, 15) is 14.0 Å². The van der Waals surface area contributed by atoms with Crippen LogP contribution < -0.4 is 16.4 Å². The average molecular weight is 315 g/mol. The highest BCUT2D eigenvalue weighted by Crippen LogP contribution is 2.18. The zero-order valence-corrected chi connectivity index (χ0v) is 12.7. The molecular weight excluding hydrogens is 297 g/mol. The van der Waals surface area contributed by atoms with Crippen LogP contribution in [0, 0.1) is 12.7 Å². The van der Waals surface area contributed by atoms with E-state index in [-0.39, 0.29) is 18.3 Å². The van der Waals surface area contributed by atoms with Gasteiger partial charge in [0.25, 0.3) is 0 Å². The van der Waals surface area contributed by atoms with E-state index in [1.54, 1.807) is 37.3 Å². The molecule has 0 fully saturated rings. The molecule has 0 aliphatic carbocycles. The Kier molecular flexibility index (Phi) is 5.30. The number of carbonyl (C=O) groups excluding carboxylic acids is 2. The van der Waals surface area contributed by atoms with Gasteiger partial charge in [-0.25, -0.2) is 4.39 Å². The number of carbonyl (C=O) groups is 2. The topological polar surface area (TPSA) is 84.2 Å². The first-order valence-corrected chi connectivity index (χ1v) is 7.12. The molecule has 0 atom stereocenters. The summed E-state index contributed by atoms with van der Waals surface area (Å²) >= 11 is 0. The Hall–Kier alpha value is -2.89. The second-order valence-electron chi connectivity index (χ2n) is 5.10. The van der Waals surface area contributed by atoms with Gasteiger partial charge in [0.15, 0.2) is 0 Å². The lowest BCUT2D eigenvalue weighted by Gasteiger charge is -2.12. The minimum Gasteiger partial charge on any atom is -0.376 e. The van der Waals surface area contributed by atoms with Crippen LogP contribution in [0.4, 0.5) is 10.1 Å². The van der Waals surface area contributed by atoms with Crippen LogP contribution in [0.2, 0.25) is 0 Å². The van der Waals surface area contributed by atoms with E-state index >= 15 is 0 Å². The molecule has 0 aromatic heterocycles. The third kappa shape index (κ3) is 4.54. The highest BCUT2D eigenvalue weighted by atomic mass is 19.1. The van der Waals surface area contributed by atoms with Gasteiger partial charge in [-0.15, -0.1) is 0 Å². The maximum absolute atomic E-state index is 12.8. The Labute approximate surface area is 133 Å². The molecule has 0 radical (unpaired) electrons. The second kappa shape index (κ2) is 7.40. The molecule has 23 heavy (non-hydrogen) atoms. The number of rotatable bonds is 6. The summed E-state index contributed by atoms with van der Waals surface area (Å²) in [6.45, 7) is 2.14. The smallest absolute Gasteiger partial charge is 0.249 e. The van der Waals surface area contributed by atoms with E-state index in [1.807, 2.05) is 0 Å². The zero-order valence-electron chi connectivity index (χ0n) is 12.7. The molecule has 6 heteroatoms. The highest BCUT2D eigenvalue weighted by Gasteiger charge is 2.09. The number of hydrogen-bond donors (Lipinski definition) is 3. The standard InChI is InChI=1S/C17H18FN3O2/c1-11-14(17(19)23)3-2-4-15(11)20-10-16(22)21-9-12-5-7-13(18)8-6-12/h2-8,20H,9-10H2,1H3,(H2,19,23)(H,21,22). The highest BCUT2D eigenvalue weighted by molar-refractivity contribution is 5.96. The maximum Gasteiger partial charge on any atom is 0.249 e. The molecule has 2 aromatic rings. The molecule has 0 aliphatic heterocycles. The van der Waals surface area contributed by atoms with Crippen LogP contribution in [0.1, 0.15) is 21.5 Å². The van der Waals surface area contributed by atoms with Crippen LogP contribution in [-0.4, -0.2) is 18.4 Å². The first-order valence-electron chi connectivity index (χ1n) is 7.12. The van der Waals surface area contributed by atoms with Crippen molar-refractivity contribution in [2.75, 3.05) is 11.9 Å². The molecule has 0 bridgehead atoms. The quantitative estimate of drug-likeness (QED) is 0.762. The number of benzene rings is 2. The molecule has 2 amide bonds. The van der Waals surface area contributed by atoms with Gasteiger partial charge in [0.1, 0.15) is 5.82 Å². The largest absolute Gasteiger partial charge is 0.376 e. The van der Waals surface area contributed by atoms with E-state index in [1.165, 1.54) is 12.1 Å². The Morgan fingerprint density at radius 2 is 1.83 bits per heavy atom.